The second kappa shape index (κ2) is 11.7. The van der Waals surface area contributed by atoms with Gasteiger partial charge >= 0.3 is 0 Å². The first-order chi connectivity index (χ1) is 18.5. The van der Waals surface area contributed by atoms with E-state index in [0.717, 1.165) is 5.70 Å². The summed E-state index contributed by atoms with van der Waals surface area (Å²) in [6.45, 7) is 4.07. The molecule has 1 unspecified atom stereocenters. The summed E-state index contributed by atoms with van der Waals surface area (Å²) < 4.78 is 10.9. The highest BCUT2D eigenvalue weighted by Gasteiger charge is 2.42. The molecule has 2 aromatic rings. The number of nitrogens with one attached hydrogen (secondary N) is 2. The molecule has 1 heterocycles. The van der Waals surface area contributed by atoms with Crippen LogP contribution >= 0.6 is 46.6 Å². The third-order valence-electron chi connectivity index (χ3n) is 6.49. The first kappa shape index (κ1) is 29.2. The number of rotatable bonds is 7. The van der Waals surface area contributed by atoms with Crippen molar-refractivity contribution in [3.63, 3.8) is 0 Å². The molecule has 0 aromatic heterocycles. The molecule has 0 spiro atoms. The van der Waals surface area contributed by atoms with E-state index in [0.29, 0.717) is 51.1 Å². The zero-order valence-corrected chi connectivity index (χ0v) is 24.8. The normalized spacial score (nSPS) is 18.2. The number of methoxy groups -OCH3 is 2. The number of thioether (sulfide) groups is 1. The number of nitrogens with zero attached hydrogens (tertiary/aromatic N) is 1. The topological polar surface area (TPSA) is 100 Å². The van der Waals surface area contributed by atoms with Gasteiger partial charge in [-0.05, 0) is 41.7 Å². The number of allylic oxidation sites excluding steroid dienone is 3. The first-order valence-corrected chi connectivity index (χ1v) is 14.1. The maximum Gasteiger partial charge on any atom is 0.234 e. The Morgan fingerprint density at radius 3 is 2.41 bits per heavy atom. The van der Waals surface area contributed by atoms with Gasteiger partial charge in [0.2, 0.25) is 5.91 Å². The van der Waals surface area contributed by atoms with Crippen LogP contribution in [-0.4, -0.2) is 31.7 Å². The number of halogens is 3. The van der Waals surface area contributed by atoms with Gasteiger partial charge < -0.3 is 20.1 Å². The molecule has 2 aromatic carbocycles. The van der Waals surface area contributed by atoms with Crippen molar-refractivity contribution < 1.29 is 19.1 Å². The van der Waals surface area contributed by atoms with Gasteiger partial charge in [0.15, 0.2) is 17.3 Å². The zero-order valence-electron chi connectivity index (χ0n) is 21.7. The molecule has 1 aliphatic carbocycles. The van der Waals surface area contributed by atoms with E-state index in [-0.39, 0.29) is 38.6 Å². The van der Waals surface area contributed by atoms with Crippen LogP contribution < -0.4 is 20.1 Å². The number of ketones is 1. The predicted molar refractivity (Wildman–Crippen MR) is 156 cm³/mol. The Bertz CT molecular complexity index is 1440. The monoisotopic (exact) mass is 605 g/mol. The second-order valence-electron chi connectivity index (χ2n) is 9.94. The van der Waals surface area contributed by atoms with E-state index in [1.165, 1.54) is 31.0 Å². The summed E-state index contributed by atoms with van der Waals surface area (Å²) in [5.41, 5.74) is 2.37. The molecule has 0 saturated heterocycles. The number of hydrogen-bond donors (Lipinski definition) is 2. The van der Waals surface area contributed by atoms with Crippen molar-refractivity contribution in [2.24, 2.45) is 5.41 Å². The summed E-state index contributed by atoms with van der Waals surface area (Å²) >= 11 is 19.6. The van der Waals surface area contributed by atoms with Crippen LogP contribution in [0.3, 0.4) is 0 Å². The molecule has 2 N–H and O–H groups in total. The quantitative estimate of drug-likeness (QED) is 0.347. The van der Waals surface area contributed by atoms with Gasteiger partial charge in [-0.1, -0.05) is 66.5 Å². The first-order valence-electron chi connectivity index (χ1n) is 11.9. The van der Waals surface area contributed by atoms with Gasteiger partial charge in [-0.3, -0.25) is 9.59 Å². The highest BCUT2D eigenvalue weighted by molar-refractivity contribution is 8.03. The highest BCUT2D eigenvalue weighted by Crippen LogP contribution is 2.49. The van der Waals surface area contributed by atoms with Crippen molar-refractivity contribution >= 4 is 63.9 Å². The van der Waals surface area contributed by atoms with Crippen LogP contribution in [0.1, 0.15) is 38.2 Å². The average Bonchev–Trinajstić information content (AvgIpc) is 2.87. The molecule has 204 valence electrons. The lowest BCUT2D eigenvalue weighted by molar-refractivity contribution is -0.118. The molecule has 39 heavy (non-hydrogen) atoms. The van der Waals surface area contributed by atoms with Crippen molar-refractivity contribution in [2.75, 3.05) is 25.3 Å². The van der Waals surface area contributed by atoms with Crippen LogP contribution in [0.15, 0.2) is 52.2 Å². The minimum atomic E-state index is -0.625. The van der Waals surface area contributed by atoms with Crippen LogP contribution in [0, 0.1) is 16.7 Å². The Kier molecular flexibility index (Phi) is 8.77. The van der Waals surface area contributed by atoms with Crippen LogP contribution in [0.2, 0.25) is 15.1 Å². The van der Waals surface area contributed by atoms with Crippen molar-refractivity contribution in [3.05, 3.63) is 72.8 Å². The van der Waals surface area contributed by atoms with Gasteiger partial charge in [0.1, 0.15) is 0 Å². The number of carbonyl (C=O) groups is 2. The summed E-state index contributed by atoms with van der Waals surface area (Å²) in [6.07, 6.45) is 0.978. The van der Waals surface area contributed by atoms with E-state index < -0.39 is 5.92 Å². The number of nitriles is 1. The van der Waals surface area contributed by atoms with E-state index in [2.05, 4.69) is 16.7 Å². The largest absolute Gasteiger partial charge is 0.493 e. The fourth-order valence-corrected chi connectivity index (χ4v) is 6.60. The molecular formula is C28H26Cl3N3O4S. The van der Waals surface area contributed by atoms with Crippen molar-refractivity contribution in [1.29, 1.82) is 5.26 Å². The number of amides is 1. The molecule has 1 amide bonds. The van der Waals surface area contributed by atoms with Crippen LogP contribution in [-0.2, 0) is 9.59 Å². The summed E-state index contributed by atoms with van der Waals surface area (Å²) in [6, 6.07) is 10.6. The van der Waals surface area contributed by atoms with E-state index >= 15 is 0 Å². The van der Waals surface area contributed by atoms with E-state index in [4.69, 9.17) is 44.3 Å². The lowest BCUT2D eigenvalue weighted by Gasteiger charge is -2.39. The minimum absolute atomic E-state index is 0.0184. The molecule has 1 aliphatic heterocycles. The Balaban J connectivity index is 1.70. The van der Waals surface area contributed by atoms with Gasteiger partial charge in [0, 0.05) is 22.7 Å². The molecule has 11 heteroatoms. The Labute approximate surface area is 246 Å². The SMILES string of the molecule is COc1ccc(C2C(C#N)=C(SCC(=O)Nc3c(Cl)cc(Cl)cc3Cl)NC3=C2C(=O)CC(C)(C)C3)cc1OC. The number of dihydropyridines is 1. The molecule has 0 saturated carbocycles. The number of benzene rings is 2. The molecule has 2 aliphatic rings. The molecule has 1 atom stereocenters. The third-order valence-corrected chi connectivity index (χ3v) is 8.32. The fraction of sp³-hybridized carbons (Fsp3) is 0.321. The average molecular weight is 607 g/mol. The van der Waals surface area contributed by atoms with Crippen molar-refractivity contribution in [1.82, 2.24) is 5.32 Å². The summed E-state index contributed by atoms with van der Waals surface area (Å²) in [5, 5.41) is 17.6. The van der Waals surface area contributed by atoms with E-state index in [1.54, 1.807) is 19.2 Å². The number of ether oxygens (including phenoxy) is 2. The number of carbonyl (C=O) groups excluding carboxylic acids is 2. The number of hydrogen-bond acceptors (Lipinski definition) is 7. The van der Waals surface area contributed by atoms with Gasteiger partial charge in [-0.15, -0.1) is 0 Å². The zero-order chi connectivity index (χ0) is 28.5. The standard InChI is InChI=1S/C28H26Cl3N3O4S/c1-28(2)10-19-25(20(35)11-28)24(14-5-6-21(37-3)22(7-14)38-4)16(12-32)27(33-19)39-13-23(36)34-26-17(30)8-15(29)9-18(26)31/h5-9,24,33H,10-11,13H2,1-4H3,(H,34,36). The lowest BCUT2D eigenvalue weighted by Crippen LogP contribution is -2.37. The lowest BCUT2D eigenvalue weighted by atomic mass is 9.69. The highest BCUT2D eigenvalue weighted by atomic mass is 35.5. The van der Waals surface area contributed by atoms with Gasteiger partial charge in [-0.25, -0.2) is 0 Å². The van der Waals surface area contributed by atoms with Gasteiger partial charge in [0.05, 0.1) is 58.3 Å². The minimum Gasteiger partial charge on any atom is -0.493 e. The van der Waals surface area contributed by atoms with Crippen molar-refractivity contribution in [3.8, 4) is 17.6 Å². The maximum absolute atomic E-state index is 13.4. The van der Waals surface area contributed by atoms with Crippen LogP contribution in [0.5, 0.6) is 11.5 Å². The summed E-state index contributed by atoms with van der Waals surface area (Å²) in [5.74, 6) is -0.0344. The summed E-state index contributed by atoms with van der Waals surface area (Å²) in [4.78, 5) is 26.3. The maximum atomic E-state index is 13.4. The van der Waals surface area contributed by atoms with E-state index in [1.807, 2.05) is 19.9 Å². The van der Waals surface area contributed by atoms with Crippen LogP contribution in [0.25, 0.3) is 0 Å². The predicted octanol–water partition coefficient (Wildman–Crippen LogP) is 7.10. The summed E-state index contributed by atoms with van der Waals surface area (Å²) in [7, 11) is 3.07. The molecule has 0 fully saturated rings. The van der Waals surface area contributed by atoms with Gasteiger partial charge in [0.25, 0.3) is 0 Å². The molecule has 0 radical (unpaired) electrons. The molecular weight excluding hydrogens is 581 g/mol. The Hall–Kier alpha value is -2.83. The third kappa shape index (κ3) is 6.17. The van der Waals surface area contributed by atoms with E-state index in [9.17, 15) is 14.9 Å². The molecule has 7 nitrogen and oxygen atoms in total. The molecule has 4 rings (SSSR count). The number of anilines is 1. The Morgan fingerprint density at radius 2 is 1.79 bits per heavy atom. The smallest absolute Gasteiger partial charge is 0.234 e. The second-order valence-corrected chi connectivity index (χ2v) is 12.2. The Morgan fingerprint density at radius 1 is 1.13 bits per heavy atom. The fourth-order valence-electron chi connectivity index (χ4n) is 4.83. The van der Waals surface area contributed by atoms with Crippen molar-refractivity contribution in [2.45, 2.75) is 32.6 Å². The number of Topliss-reactive ketones (excluding diaryl/α,β-unsaturated/α-hetero) is 1. The van der Waals surface area contributed by atoms with Crippen LogP contribution in [0.4, 0.5) is 5.69 Å². The van der Waals surface area contributed by atoms with Gasteiger partial charge in [-0.2, -0.15) is 5.26 Å². The molecule has 0 bridgehead atoms.